The predicted molar refractivity (Wildman–Crippen MR) is 142 cm³/mol. The molecular weight excluding hydrogens is 508 g/mol. The first kappa shape index (κ1) is 30.4. The van der Waals surface area contributed by atoms with Crippen LogP contribution in [-0.4, -0.2) is 53.1 Å². The van der Waals surface area contributed by atoms with Crippen molar-refractivity contribution in [2.24, 2.45) is 0 Å². The van der Waals surface area contributed by atoms with E-state index in [2.05, 4.69) is 11.8 Å². The van der Waals surface area contributed by atoms with Crippen LogP contribution in [0.25, 0.3) is 0 Å². The van der Waals surface area contributed by atoms with Gasteiger partial charge in [-0.25, -0.2) is 13.6 Å². The van der Waals surface area contributed by atoms with Gasteiger partial charge in [-0.2, -0.15) is 0 Å². The number of nitrogens with zero attached hydrogens (tertiary/aromatic N) is 1. The van der Waals surface area contributed by atoms with E-state index in [-0.39, 0.29) is 17.7 Å². The van der Waals surface area contributed by atoms with Crippen LogP contribution in [0.5, 0.6) is 5.75 Å². The third kappa shape index (κ3) is 9.20. The largest absolute Gasteiger partial charge is 0.487 e. The van der Waals surface area contributed by atoms with Gasteiger partial charge < -0.3 is 29.0 Å². The summed E-state index contributed by atoms with van der Waals surface area (Å²) in [7, 11) is 0. The van der Waals surface area contributed by atoms with Crippen LogP contribution < -0.4 is 4.74 Å². The van der Waals surface area contributed by atoms with Gasteiger partial charge in [-0.15, -0.1) is 0 Å². The Bertz CT molecular complexity index is 1220. The van der Waals surface area contributed by atoms with Gasteiger partial charge in [0.05, 0.1) is 29.9 Å². The molecule has 39 heavy (non-hydrogen) atoms. The third-order valence-corrected chi connectivity index (χ3v) is 5.51. The van der Waals surface area contributed by atoms with Crippen LogP contribution in [0.4, 0.5) is 13.6 Å². The summed E-state index contributed by atoms with van der Waals surface area (Å²) in [5.74, 6) is 4.65. The lowest BCUT2D eigenvalue weighted by Gasteiger charge is -2.32. The molecule has 1 fully saturated rings. The Morgan fingerprint density at radius 2 is 1.79 bits per heavy atom. The highest BCUT2D eigenvalue weighted by Gasteiger charge is 2.27. The number of carbonyl (C=O) groups excluding carboxylic acids is 1. The van der Waals surface area contributed by atoms with Gasteiger partial charge in [0.1, 0.15) is 35.7 Å². The highest BCUT2D eigenvalue weighted by Crippen LogP contribution is 2.27. The van der Waals surface area contributed by atoms with E-state index < -0.39 is 47.9 Å². The van der Waals surface area contributed by atoms with Gasteiger partial charge in [-0.1, -0.05) is 17.9 Å². The molecule has 0 spiro atoms. The Morgan fingerprint density at radius 3 is 2.41 bits per heavy atom. The van der Waals surface area contributed by atoms with E-state index in [0.717, 1.165) is 17.7 Å². The molecule has 2 aromatic carbocycles. The van der Waals surface area contributed by atoms with Gasteiger partial charge in [0.2, 0.25) is 0 Å². The normalized spacial score (nSPS) is 16.8. The molecule has 212 valence electrons. The molecule has 0 aliphatic carbocycles. The summed E-state index contributed by atoms with van der Waals surface area (Å²) in [5.41, 5.74) is -0.244. The van der Waals surface area contributed by atoms with Gasteiger partial charge in [-0.3, -0.25) is 0 Å². The molecule has 2 atom stereocenters. The van der Waals surface area contributed by atoms with Crippen LogP contribution in [0.2, 0.25) is 0 Å². The molecule has 0 radical (unpaired) electrons. The minimum Gasteiger partial charge on any atom is -0.487 e. The number of halogens is 2. The standard InChI is InChI=1S/C30H37F2NO6/c1-19-8-9-20(10-11-22-17-33(12-13-36-22)28(35)39-30(5,6)7)26(14-19)37-18-23-24(31)15-21(16-25(23)32)27(34)38-29(2,3)4/h8-9,14-16,22,27,34H,12-13,17-18H2,1-7H3/t22-,27?/m0/s1. The zero-order valence-electron chi connectivity index (χ0n) is 23.6. The maximum absolute atomic E-state index is 14.8. The molecule has 1 aliphatic heterocycles. The van der Waals surface area contributed by atoms with Crippen molar-refractivity contribution in [2.75, 3.05) is 19.7 Å². The molecule has 7 nitrogen and oxygen atoms in total. The second-order valence-corrected chi connectivity index (χ2v) is 11.4. The first-order chi connectivity index (χ1) is 18.1. The summed E-state index contributed by atoms with van der Waals surface area (Å²) in [5, 5.41) is 10.2. The van der Waals surface area contributed by atoms with Crippen molar-refractivity contribution in [2.45, 2.75) is 78.7 Å². The van der Waals surface area contributed by atoms with E-state index in [1.54, 1.807) is 58.6 Å². The van der Waals surface area contributed by atoms with E-state index >= 15 is 0 Å². The van der Waals surface area contributed by atoms with Gasteiger partial charge in [0.25, 0.3) is 0 Å². The lowest BCUT2D eigenvalue weighted by atomic mass is 10.1. The monoisotopic (exact) mass is 545 g/mol. The number of rotatable bonds is 5. The van der Waals surface area contributed by atoms with Crippen molar-refractivity contribution in [1.82, 2.24) is 4.90 Å². The van der Waals surface area contributed by atoms with Gasteiger partial charge in [-0.05, 0) is 78.3 Å². The number of ether oxygens (including phenoxy) is 4. The number of morpholine rings is 1. The number of hydrogen-bond donors (Lipinski definition) is 1. The first-order valence-electron chi connectivity index (χ1n) is 12.8. The Labute approximate surface area is 229 Å². The SMILES string of the molecule is Cc1ccc(C#C[C@H]2CN(C(=O)OC(C)(C)C)CCO2)c(OCc2c(F)cc(C(O)OC(C)(C)C)cc2F)c1. The third-order valence-electron chi connectivity index (χ3n) is 5.51. The summed E-state index contributed by atoms with van der Waals surface area (Å²) >= 11 is 0. The van der Waals surface area contributed by atoms with Crippen LogP contribution in [0.1, 0.15) is 70.1 Å². The zero-order chi connectivity index (χ0) is 29.0. The van der Waals surface area contributed by atoms with Crippen LogP contribution in [0.15, 0.2) is 30.3 Å². The van der Waals surface area contributed by atoms with Crippen molar-refractivity contribution in [3.05, 3.63) is 64.2 Å². The number of aliphatic hydroxyl groups excluding tert-OH is 1. The summed E-state index contributed by atoms with van der Waals surface area (Å²) in [4.78, 5) is 14.0. The van der Waals surface area contributed by atoms with Gasteiger partial charge in [0, 0.05) is 12.1 Å². The molecule has 1 heterocycles. The van der Waals surface area contributed by atoms with Crippen LogP contribution >= 0.6 is 0 Å². The van der Waals surface area contributed by atoms with E-state index in [4.69, 9.17) is 18.9 Å². The second kappa shape index (κ2) is 12.3. The molecule has 0 saturated carbocycles. The molecule has 1 amide bonds. The van der Waals surface area contributed by atoms with Crippen LogP contribution in [0, 0.1) is 30.4 Å². The minimum atomic E-state index is -1.48. The minimum absolute atomic E-state index is 0.0290. The number of amides is 1. The number of carbonyl (C=O) groups is 1. The Kier molecular flexibility index (Phi) is 9.60. The Balaban J connectivity index is 1.73. The summed E-state index contributed by atoms with van der Waals surface area (Å²) in [6, 6.07) is 7.39. The van der Waals surface area contributed by atoms with E-state index in [1.165, 1.54) is 0 Å². The quantitative estimate of drug-likeness (QED) is 0.387. The highest BCUT2D eigenvalue weighted by atomic mass is 19.1. The maximum atomic E-state index is 14.8. The Hall–Kier alpha value is -3.19. The van der Waals surface area contributed by atoms with Crippen molar-refractivity contribution in [3.63, 3.8) is 0 Å². The zero-order valence-corrected chi connectivity index (χ0v) is 23.6. The average molecular weight is 546 g/mol. The van der Waals surface area contributed by atoms with E-state index in [9.17, 15) is 18.7 Å². The fourth-order valence-electron chi connectivity index (χ4n) is 3.70. The Morgan fingerprint density at radius 1 is 1.13 bits per heavy atom. The lowest BCUT2D eigenvalue weighted by Crippen LogP contribution is -2.47. The molecule has 1 aliphatic rings. The molecule has 1 unspecified atom stereocenters. The topological polar surface area (TPSA) is 77.5 Å². The van der Waals surface area contributed by atoms with Crippen molar-refractivity contribution in [3.8, 4) is 17.6 Å². The number of aliphatic hydroxyl groups is 1. The summed E-state index contributed by atoms with van der Waals surface area (Å²) in [6.07, 6.45) is -2.44. The van der Waals surface area contributed by atoms with E-state index in [0.29, 0.717) is 24.5 Å². The van der Waals surface area contributed by atoms with Crippen molar-refractivity contribution >= 4 is 6.09 Å². The number of hydrogen-bond acceptors (Lipinski definition) is 6. The van der Waals surface area contributed by atoms with Crippen LogP contribution in [0.3, 0.4) is 0 Å². The fourth-order valence-corrected chi connectivity index (χ4v) is 3.70. The molecule has 0 aromatic heterocycles. The second-order valence-electron chi connectivity index (χ2n) is 11.4. The number of aryl methyl sites for hydroxylation is 1. The van der Waals surface area contributed by atoms with Crippen molar-refractivity contribution in [1.29, 1.82) is 0 Å². The molecule has 2 aromatic rings. The highest BCUT2D eigenvalue weighted by molar-refractivity contribution is 5.68. The molecule has 9 heteroatoms. The predicted octanol–water partition coefficient (Wildman–Crippen LogP) is 5.65. The van der Waals surface area contributed by atoms with Gasteiger partial charge >= 0.3 is 6.09 Å². The van der Waals surface area contributed by atoms with Gasteiger partial charge in [0.15, 0.2) is 6.29 Å². The van der Waals surface area contributed by atoms with E-state index in [1.807, 2.05) is 13.0 Å². The fraction of sp³-hybridized carbons (Fsp3) is 0.500. The molecule has 3 rings (SSSR count). The van der Waals surface area contributed by atoms with Crippen LogP contribution in [-0.2, 0) is 20.8 Å². The lowest BCUT2D eigenvalue weighted by molar-refractivity contribution is -0.169. The maximum Gasteiger partial charge on any atom is 0.410 e. The summed E-state index contributed by atoms with van der Waals surface area (Å²) in [6.45, 7) is 13.0. The molecule has 1 N–H and O–H groups in total. The number of benzene rings is 2. The molecular formula is C30H37F2NO6. The summed E-state index contributed by atoms with van der Waals surface area (Å²) < 4.78 is 51.9. The molecule has 0 bridgehead atoms. The van der Waals surface area contributed by atoms with Crippen molar-refractivity contribution < 1.29 is 37.6 Å². The molecule has 1 saturated heterocycles. The average Bonchev–Trinajstić information content (AvgIpc) is 2.81. The smallest absolute Gasteiger partial charge is 0.410 e. The first-order valence-corrected chi connectivity index (χ1v) is 12.8.